The predicted octanol–water partition coefficient (Wildman–Crippen LogP) is 3.19. The smallest absolute Gasteiger partial charge is 0.259 e. The molecule has 3 rings (SSSR count). The van der Waals surface area contributed by atoms with Crippen LogP contribution in [0.15, 0.2) is 33.4 Å². The number of pyridine rings is 1. The second-order valence-corrected chi connectivity index (χ2v) is 5.81. The van der Waals surface area contributed by atoms with Crippen molar-refractivity contribution in [1.29, 1.82) is 0 Å². The van der Waals surface area contributed by atoms with E-state index >= 15 is 0 Å². The molecule has 3 aromatic rings. The third-order valence-electron chi connectivity index (χ3n) is 3.41. The Kier molecular flexibility index (Phi) is 4.10. The second-order valence-electron chi connectivity index (χ2n) is 5.81. The first-order valence-corrected chi connectivity index (χ1v) is 7.46. The van der Waals surface area contributed by atoms with Crippen LogP contribution in [0.25, 0.3) is 11.5 Å². The average Bonchev–Trinajstić information content (AvgIpc) is 3.17. The standard InChI is InChI=1S/C16H19N5O2/c1-10(2)15-18-16(23-20-15)12-5-6-14(17-8-12)21(4)9-13-7-11(3)19-22-13/h5-8,10H,9H2,1-4H3. The van der Waals surface area contributed by atoms with Gasteiger partial charge in [-0.25, -0.2) is 4.98 Å². The molecule has 0 aliphatic heterocycles. The number of hydrogen-bond acceptors (Lipinski definition) is 7. The van der Waals surface area contributed by atoms with E-state index in [-0.39, 0.29) is 5.92 Å². The van der Waals surface area contributed by atoms with Crippen molar-refractivity contribution in [3.05, 3.63) is 41.7 Å². The van der Waals surface area contributed by atoms with Gasteiger partial charge in [-0.15, -0.1) is 0 Å². The minimum Gasteiger partial charge on any atom is -0.359 e. The first-order valence-electron chi connectivity index (χ1n) is 7.46. The molecule has 7 heteroatoms. The highest BCUT2D eigenvalue weighted by atomic mass is 16.5. The molecule has 0 radical (unpaired) electrons. The fourth-order valence-corrected chi connectivity index (χ4v) is 2.13. The topological polar surface area (TPSA) is 81.1 Å². The van der Waals surface area contributed by atoms with Crippen LogP contribution in [0, 0.1) is 6.92 Å². The Bertz CT molecular complexity index is 776. The molecular weight excluding hydrogens is 294 g/mol. The molecule has 0 fully saturated rings. The van der Waals surface area contributed by atoms with E-state index in [0.29, 0.717) is 18.3 Å². The number of aryl methyl sites for hydroxylation is 1. The minimum atomic E-state index is 0.233. The first kappa shape index (κ1) is 15.2. The molecule has 23 heavy (non-hydrogen) atoms. The quantitative estimate of drug-likeness (QED) is 0.715. The van der Waals surface area contributed by atoms with Crippen LogP contribution in [0.5, 0.6) is 0 Å². The maximum atomic E-state index is 5.27. The van der Waals surface area contributed by atoms with Gasteiger partial charge in [-0.05, 0) is 19.1 Å². The van der Waals surface area contributed by atoms with Crippen LogP contribution in [-0.4, -0.2) is 27.3 Å². The Morgan fingerprint density at radius 2 is 2.00 bits per heavy atom. The van der Waals surface area contributed by atoms with E-state index in [1.54, 1.807) is 6.20 Å². The van der Waals surface area contributed by atoms with Crippen LogP contribution in [0.3, 0.4) is 0 Å². The molecule has 0 spiro atoms. The lowest BCUT2D eigenvalue weighted by Gasteiger charge is -2.16. The van der Waals surface area contributed by atoms with Gasteiger partial charge in [0.25, 0.3) is 5.89 Å². The van der Waals surface area contributed by atoms with Crippen LogP contribution in [0.1, 0.15) is 37.0 Å². The molecule has 3 aromatic heterocycles. The van der Waals surface area contributed by atoms with Crippen molar-refractivity contribution in [3.8, 4) is 11.5 Å². The van der Waals surface area contributed by atoms with Gasteiger partial charge in [0, 0.05) is 25.2 Å². The van der Waals surface area contributed by atoms with E-state index < -0.39 is 0 Å². The van der Waals surface area contributed by atoms with Crippen LogP contribution in [0.4, 0.5) is 5.82 Å². The lowest BCUT2D eigenvalue weighted by atomic mass is 10.2. The van der Waals surface area contributed by atoms with E-state index in [2.05, 4.69) is 20.3 Å². The molecular formula is C16H19N5O2. The first-order chi connectivity index (χ1) is 11.0. The van der Waals surface area contributed by atoms with Gasteiger partial charge in [-0.1, -0.05) is 24.2 Å². The van der Waals surface area contributed by atoms with Crippen molar-refractivity contribution in [1.82, 2.24) is 20.3 Å². The summed E-state index contributed by atoms with van der Waals surface area (Å²) in [6.45, 7) is 6.55. The summed E-state index contributed by atoms with van der Waals surface area (Å²) < 4.78 is 10.5. The van der Waals surface area contributed by atoms with Crippen LogP contribution >= 0.6 is 0 Å². The Morgan fingerprint density at radius 3 is 2.57 bits per heavy atom. The number of hydrogen-bond donors (Lipinski definition) is 0. The largest absolute Gasteiger partial charge is 0.359 e. The fraction of sp³-hybridized carbons (Fsp3) is 0.375. The Hall–Kier alpha value is -2.70. The van der Waals surface area contributed by atoms with Gasteiger partial charge in [-0.2, -0.15) is 4.98 Å². The molecule has 7 nitrogen and oxygen atoms in total. The van der Waals surface area contributed by atoms with Crippen molar-refractivity contribution in [3.63, 3.8) is 0 Å². The zero-order valence-electron chi connectivity index (χ0n) is 13.6. The van der Waals surface area contributed by atoms with E-state index in [4.69, 9.17) is 9.05 Å². The van der Waals surface area contributed by atoms with Gasteiger partial charge in [-0.3, -0.25) is 0 Å². The molecule has 0 aliphatic rings. The number of anilines is 1. The van der Waals surface area contributed by atoms with Crippen LogP contribution < -0.4 is 4.90 Å². The summed E-state index contributed by atoms with van der Waals surface area (Å²) in [6, 6.07) is 5.75. The van der Waals surface area contributed by atoms with Gasteiger partial charge in [0.2, 0.25) is 0 Å². The zero-order chi connectivity index (χ0) is 16.4. The van der Waals surface area contributed by atoms with E-state index in [0.717, 1.165) is 22.8 Å². The van der Waals surface area contributed by atoms with Gasteiger partial charge in [0.1, 0.15) is 5.82 Å². The van der Waals surface area contributed by atoms with Gasteiger partial charge < -0.3 is 13.9 Å². The highest BCUT2D eigenvalue weighted by Gasteiger charge is 2.13. The lowest BCUT2D eigenvalue weighted by molar-refractivity contribution is 0.379. The Morgan fingerprint density at radius 1 is 1.17 bits per heavy atom. The summed E-state index contributed by atoms with van der Waals surface area (Å²) in [6.07, 6.45) is 1.73. The second kappa shape index (κ2) is 6.20. The van der Waals surface area contributed by atoms with E-state index in [1.165, 1.54) is 0 Å². The molecule has 0 bridgehead atoms. The molecule has 0 aliphatic carbocycles. The fourth-order valence-electron chi connectivity index (χ4n) is 2.13. The molecule has 0 aromatic carbocycles. The number of nitrogens with zero attached hydrogens (tertiary/aromatic N) is 5. The molecule has 0 saturated carbocycles. The summed E-state index contributed by atoms with van der Waals surface area (Å²) in [5.74, 6) is 3.04. The predicted molar refractivity (Wildman–Crippen MR) is 85.0 cm³/mol. The van der Waals surface area contributed by atoms with Crippen molar-refractivity contribution >= 4 is 5.82 Å². The van der Waals surface area contributed by atoms with Crippen molar-refractivity contribution < 1.29 is 9.05 Å². The molecule has 0 atom stereocenters. The maximum absolute atomic E-state index is 5.27. The summed E-state index contributed by atoms with van der Waals surface area (Å²) >= 11 is 0. The zero-order valence-corrected chi connectivity index (χ0v) is 13.6. The average molecular weight is 313 g/mol. The van der Waals surface area contributed by atoms with Crippen molar-refractivity contribution in [2.24, 2.45) is 0 Å². The maximum Gasteiger partial charge on any atom is 0.259 e. The van der Waals surface area contributed by atoms with Crippen molar-refractivity contribution in [2.75, 3.05) is 11.9 Å². The molecule has 0 saturated heterocycles. The van der Waals surface area contributed by atoms with Crippen LogP contribution in [-0.2, 0) is 6.54 Å². The normalized spacial score (nSPS) is 11.2. The summed E-state index contributed by atoms with van der Waals surface area (Å²) in [7, 11) is 1.95. The third-order valence-corrected chi connectivity index (χ3v) is 3.41. The molecule has 0 amide bonds. The number of rotatable bonds is 5. The van der Waals surface area contributed by atoms with Gasteiger partial charge in [0.15, 0.2) is 11.6 Å². The summed E-state index contributed by atoms with van der Waals surface area (Å²) in [5, 5.41) is 7.85. The lowest BCUT2D eigenvalue weighted by Crippen LogP contribution is -2.17. The SMILES string of the molecule is Cc1cc(CN(C)c2ccc(-c3nc(C(C)C)no3)cn2)on1. The van der Waals surface area contributed by atoms with E-state index in [9.17, 15) is 0 Å². The highest BCUT2D eigenvalue weighted by molar-refractivity contribution is 5.54. The molecule has 3 heterocycles. The van der Waals surface area contributed by atoms with Crippen molar-refractivity contribution in [2.45, 2.75) is 33.2 Å². The highest BCUT2D eigenvalue weighted by Crippen LogP contribution is 2.21. The molecule has 0 unspecified atom stereocenters. The van der Waals surface area contributed by atoms with Gasteiger partial charge >= 0.3 is 0 Å². The van der Waals surface area contributed by atoms with Crippen LogP contribution in [0.2, 0.25) is 0 Å². The monoisotopic (exact) mass is 313 g/mol. The Labute approximate surface area is 134 Å². The van der Waals surface area contributed by atoms with E-state index in [1.807, 2.05) is 50.9 Å². The minimum absolute atomic E-state index is 0.233. The summed E-state index contributed by atoms with van der Waals surface area (Å²) in [5.41, 5.74) is 1.67. The van der Waals surface area contributed by atoms with Gasteiger partial charge in [0.05, 0.1) is 17.8 Å². The third kappa shape index (κ3) is 3.39. The molecule has 0 N–H and O–H groups in total. The number of aromatic nitrogens is 4. The molecule has 120 valence electrons. The summed E-state index contributed by atoms with van der Waals surface area (Å²) in [4.78, 5) is 10.8. The Balaban J connectivity index is 1.73.